The summed E-state index contributed by atoms with van der Waals surface area (Å²) < 4.78 is 5.43. The quantitative estimate of drug-likeness (QED) is 0.774. The third-order valence-electron chi connectivity index (χ3n) is 2.36. The molecule has 0 aliphatic rings. The lowest BCUT2D eigenvalue weighted by Gasteiger charge is -2.10. The maximum Gasteiger partial charge on any atom is 0.257 e. The summed E-state index contributed by atoms with van der Waals surface area (Å²) in [5.41, 5.74) is 1.15. The molecule has 0 fully saturated rings. The van der Waals surface area contributed by atoms with Crippen molar-refractivity contribution in [3.8, 4) is 5.75 Å². The Kier molecular flexibility index (Phi) is 6.22. The van der Waals surface area contributed by atoms with Crippen LogP contribution in [-0.4, -0.2) is 25.1 Å². The fourth-order valence-electron chi connectivity index (χ4n) is 1.46. The second kappa shape index (κ2) is 7.71. The van der Waals surface area contributed by atoms with Gasteiger partial charge in [-0.1, -0.05) is 26.0 Å². The van der Waals surface area contributed by atoms with Crippen LogP contribution in [0, 0.1) is 0 Å². The molecule has 18 heavy (non-hydrogen) atoms. The number of nitrogens with one attached hydrogen (secondary N) is 2. The molecule has 1 aromatic carbocycles. The van der Waals surface area contributed by atoms with Crippen LogP contribution in [0.5, 0.6) is 5.75 Å². The van der Waals surface area contributed by atoms with Crippen molar-refractivity contribution < 1.29 is 9.53 Å². The Morgan fingerprint density at radius 1 is 1.39 bits per heavy atom. The first kappa shape index (κ1) is 14.5. The molecular weight excluding hydrogens is 228 g/mol. The molecule has 0 aliphatic carbocycles. The number of carbonyl (C=O) groups is 1. The van der Waals surface area contributed by atoms with Crippen LogP contribution in [-0.2, 0) is 11.3 Å². The van der Waals surface area contributed by atoms with Gasteiger partial charge in [-0.3, -0.25) is 4.79 Å². The van der Waals surface area contributed by atoms with E-state index in [2.05, 4.69) is 24.5 Å². The van der Waals surface area contributed by atoms with E-state index in [0.29, 0.717) is 12.6 Å². The van der Waals surface area contributed by atoms with E-state index < -0.39 is 0 Å². The molecule has 0 atom stereocenters. The molecule has 0 aromatic heterocycles. The van der Waals surface area contributed by atoms with Crippen molar-refractivity contribution in [2.24, 2.45) is 0 Å². The van der Waals surface area contributed by atoms with Crippen LogP contribution in [0.3, 0.4) is 0 Å². The lowest BCUT2D eigenvalue weighted by atomic mass is 10.2. The van der Waals surface area contributed by atoms with Crippen molar-refractivity contribution in [3.05, 3.63) is 29.8 Å². The van der Waals surface area contributed by atoms with Crippen LogP contribution in [0.25, 0.3) is 0 Å². The Hall–Kier alpha value is -1.55. The number of hydrogen-bond donors (Lipinski definition) is 2. The summed E-state index contributed by atoms with van der Waals surface area (Å²) in [6.07, 6.45) is 0. The highest BCUT2D eigenvalue weighted by molar-refractivity contribution is 5.77. The molecule has 4 nitrogen and oxygen atoms in total. The number of likely N-dealkylation sites (N-methyl/N-ethyl adjacent to an activating group) is 1. The van der Waals surface area contributed by atoms with Gasteiger partial charge in [-0.15, -0.1) is 0 Å². The van der Waals surface area contributed by atoms with E-state index in [-0.39, 0.29) is 12.5 Å². The largest absolute Gasteiger partial charge is 0.484 e. The molecule has 100 valence electrons. The lowest BCUT2D eigenvalue weighted by Crippen LogP contribution is -2.28. The molecule has 0 saturated carbocycles. The highest BCUT2D eigenvalue weighted by atomic mass is 16.5. The van der Waals surface area contributed by atoms with Crippen molar-refractivity contribution in [3.63, 3.8) is 0 Å². The first-order valence-electron chi connectivity index (χ1n) is 6.33. The minimum Gasteiger partial charge on any atom is -0.484 e. The number of ether oxygens (including phenoxy) is 1. The number of benzene rings is 1. The fraction of sp³-hybridized carbons (Fsp3) is 0.500. The summed E-state index contributed by atoms with van der Waals surface area (Å²) in [7, 11) is 0. The minimum atomic E-state index is -0.0943. The number of hydrogen-bond acceptors (Lipinski definition) is 3. The second-order valence-electron chi connectivity index (χ2n) is 4.43. The molecule has 0 spiro atoms. The summed E-state index contributed by atoms with van der Waals surface area (Å²) in [5.74, 6) is 0.632. The van der Waals surface area contributed by atoms with Crippen LogP contribution in [0.2, 0.25) is 0 Å². The molecule has 4 heteroatoms. The Bertz CT molecular complexity index is 378. The first-order valence-corrected chi connectivity index (χ1v) is 6.33. The van der Waals surface area contributed by atoms with Gasteiger partial charge >= 0.3 is 0 Å². The minimum absolute atomic E-state index is 0.0644. The van der Waals surface area contributed by atoms with Crippen LogP contribution in [0.1, 0.15) is 26.3 Å². The van der Waals surface area contributed by atoms with E-state index in [9.17, 15) is 4.79 Å². The zero-order valence-corrected chi connectivity index (χ0v) is 11.3. The predicted octanol–water partition coefficient (Wildman–Crippen LogP) is 1.70. The van der Waals surface area contributed by atoms with Gasteiger partial charge in [-0.05, 0) is 24.6 Å². The Balaban J connectivity index is 2.46. The van der Waals surface area contributed by atoms with Crippen LogP contribution in [0.4, 0.5) is 0 Å². The van der Waals surface area contributed by atoms with Crippen LogP contribution >= 0.6 is 0 Å². The fourth-order valence-corrected chi connectivity index (χ4v) is 1.46. The summed E-state index contributed by atoms with van der Waals surface area (Å²) in [6, 6.07) is 8.23. The van der Waals surface area contributed by atoms with Gasteiger partial charge in [0.15, 0.2) is 6.61 Å². The standard InChI is InChI=1S/C14H22N2O2/c1-4-15-14(17)10-18-13-7-5-6-12(8-13)9-16-11(2)3/h5-8,11,16H,4,9-10H2,1-3H3,(H,15,17). The molecule has 0 heterocycles. The van der Waals surface area contributed by atoms with Crippen molar-refractivity contribution in [2.75, 3.05) is 13.2 Å². The van der Waals surface area contributed by atoms with Gasteiger partial charge in [-0.2, -0.15) is 0 Å². The van der Waals surface area contributed by atoms with E-state index in [1.807, 2.05) is 31.2 Å². The molecule has 0 radical (unpaired) electrons. The summed E-state index contributed by atoms with van der Waals surface area (Å²) in [4.78, 5) is 11.3. The van der Waals surface area contributed by atoms with Crippen LogP contribution < -0.4 is 15.4 Å². The number of rotatable bonds is 7. The van der Waals surface area contributed by atoms with Gasteiger partial charge in [0.25, 0.3) is 5.91 Å². The van der Waals surface area contributed by atoms with Crippen molar-refractivity contribution in [1.82, 2.24) is 10.6 Å². The maximum absolute atomic E-state index is 11.3. The molecule has 0 unspecified atom stereocenters. The molecule has 0 saturated heterocycles. The summed E-state index contributed by atoms with van der Waals surface area (Å²) in [6.45, 7) is 7.59. The monoisotopic (exact) mass is 250 g/mol. The van der Waals surface area contributed by atoms with Crippen molar-refractivity contribution in [1.29, 1.82) is 0 Å². The lowest BCUT2D eigenvalue weighted by molar-refractivity contribution is -0.122. The second-order valence-corrected chi connectivity index (χ2v) is 4.43. The normalized spacial score (nSPS) is 10.4. The first-order chi connectivity index (χ1) is 8.61. The Morgan fingerprint density at radius 3 is 2.83 bits per heavy atom. The van der Waals surface area contributed by atoms with E-state index in [1.54, 1.807) is 0 Å². The van der Waals surface area contributed by atoms with Crippen LogP contribution in [0.15, 0.2) is 24.3 Å². The maximum atomic E-state index is 11.3. The van der Waals surface area contributed by atoms with Gasteiger partial charge < -0.3 is 15.4 Å². The molecule has 1 aromatic rings. The Labute approximate surface area is 109 Å². The van der Waals surface area contributed by atoms with Crippen molar-refractivity contribution >= 4 is 5.91 Å². The molecule has 1 amide bonds. The van der Waals surface area contributed by atoms with Gasteiger partial charge in [0.1, 0.15) is 5.75 Å². The van der Waals surface area contributed by atoms with Gasteiger partial charge in [-0.25, -0.2) is 0 Å². The predicted molar refractivity (Wildman–Crippen MR) is 72.6 cm³/mol. The number of carbonyl (C=O) groups excluding carboxylic acids is 1. The SMILES string of the molecule is CCNC(=O)COc1cccc(CNC(C)C)c1. The summed E-state index contributed by atoms with van der Waals surface area (Å²) >= 11 is 0. The molecule has 1 rings (SSSR count). The van der Waals surface area contributed by atoms with Gasteiger partial charge in [0.05, 0.1) is 0 Å². The average Bonchev–Trinajstić information content (AvgIpc) is 2.35. The Morgan fingerprint density at radius 2 is 2.17 bits per heavy atom. The average molecular weight is 250 g/mol. The third-order valence-corrected chi connectivity index (χ3v) is 2.36. The van der Waals surface area contributed by atoms with Gasteiger partial charge in [0, 0.05) is 19.1 Å². The highest BCUT2D eigenvalue weighted by Gasteiger charge is 2.02. The zero-order valence-electron chi connectivity index (χ0n) is 11.3. The third kappa shape index (κ3) is 5.68. The van der Waals surface area contributed by atoms with Crippen molar-refractivity contribution in [2.45, 2.75) is 33.4 Å². The molecule has 0 bridgehead atoms. The van der Waals surface area contributed by atoms with E-state index in [0.717, 1.165) is 17.9 Å². The molecule has 0 aliphatic heterocycles. The molecular formula is C14H22N2O2. The van der Waals surface area contributed by atoms with Gasteiger partial charge in [0.2, 0.25) is 0 Å². The highest BCUT2D eigenvalue weighted by Crippen LogP contribution is 2.13. The smallest absolute Gasteiger partial charge is 0.257 e. The van der Waals surface area contributed by atoms with E-state index in [4.69, 9.17) is 4.74 Å². The van der Waals surface area contributed by atoms with E-state index in [1.165, 1.54) is 0 Å². The molecule has 2 N–H and O–H groups in total. The van der Waals surface area contributed by atoms with E-state index >= 15 is 0 Å². The zero-order chi connectivity index (χ0) is 13.4. The topological polar surface area (TPSA) is 50.4 Å². The summed E-state index contributed by atoms with van der Waals surface area (Å²) in [5, 5.41) is 6.03. The number of amides is 1.